The van der Waals surface area contributed by atoms with Gasteiger partial charge in [0.1, 0.15) is 0 Å². The second-order valence-corrected chi connectivity index (χ2v) is 16.9. The summed E-state index contributed by atoms with van der Waals surface area (Å²) in [6.07, 6.45) is 0.978. The first kappa shape index (κ1) is 37.6. The number of fused-ring (bicyclic) bond motifs is 5. The van der Waals surface area contributed by atoms with Crippen molar-refractivity contribution in [3.63, 3.8) is 0 Å². The van der Waals surface area contributed by atoms with Gasteiger partial charge in [-0.15, -0.1) is 0 Å². The largest absolute Gasteiger partial charge is 0.309 e. The number of nitrogens with zero attached hydrogens (tertiary/aromatic N) is 1. The van der Waals surface area contributed by atoms with Gasteiger partial charge in [-0.25, -0.2) is 0 Å². The highest BCUT2D eigenvalue weighted by Crippen LogP contribution is 2.51. The lowest BCUT2D eigenvalue weighted by Gasteiger charge is -2.27. The summed E-state index contributed by atoms with van der Waals surface area (Å²) in [5.74, 6) is 0. The Bertz CT molecular complexity index is 3310. The van der Waals surface area contributed by atoms with Gasteiger partial charge in [-0.2, -0.15) is 0 Å². The Morgan fingerprint density at radius 2 is 0.750 bits per heavy atom. The number of benzene rings is 9. The van der Waals surface area contributed by atoms with Gasteiger partial charge in [0.15, 0.2) is 0 Å². The molecule has 0 atom stereocenters. The lowest BCUT2D eigenvalue weighted by atomic mass is 9.76. The first-order valence-corrected chi connectivity index (χ1v) is 21.5. The zero-order valence-electron chi connectivity index (χ0n) is 36.1. The van der Waals surface area contributed by atoms with Crippen LogP contribution in [0.1, 0.15) is 51.4 Å². The molecule has 0 radical (unpaired) electrons. The normalized spacial score (nSPS) is 11.7. The smallest absolute Gasteiger partial charge is 0.0541 e. The summed E-state index contributed by atoms with van der Waals surface area (Å²) in [4.78, 5) is 0. The number of hydrogen-bond donors (Lipinski definition) is 0. The molecular formula is C59H51N. The Balaban J connectivity index is 1.11. The highest BCUT2D eigenvalue weighted by Gasteiger charge is 2.26. The fraction of sp³-hybridized carbons (Fsp3) is 0.153. The van der Waals surface area contributed by atoms with Gasteiger partial charge in [0, 0.05) is 16.5 Å². The highest BCUT2D eigenvalue weighted by atomic mass is 15.0. The van der Waals surface area contributed by atoms with Crippen LogP contribution in [0.5, 0.6) is 0 Å². The van der Waals surface area contributed by atoms with Crippen molar-refractivity contribution in [2.24, 2.45) is 0 Å². The molecule has 0 saturated heterocycles. The Kier molecular flexibility index (Phi) is 9.10. The molecule has 0 bridgehead atoms. The molecule has 1 aromatic heterocycles. The van der Waals surface area contributed by atoms with Crippen LogP contribution < -0.4 is 0 Å². The summed E-state index contributed by atoms with van der Waals surface area (Å²) in [7, 11) is 0. The molecule has 1 heteroatoms. The average molecular weight is 774 g/mol. The van der Waals surface area contributed by atoms with Gasteiger partial charge in [0.25, 0.3) is 0 Å². The van der Waals surface area contributed by atoms with Crippen molar-refractivity contribution in [2.75, 3.05) is 0 Å². The minimum atomic E-state index is 0.978. The molecule has 9 aromatic carbocycles. The van der Waals surface area contributed by atoms with Gasteiger partial charge in [0.2, 0.25) is 0 Å². The molecule has 1 heterocycles. The molecule has 0 spiro atoms. The van der Waals surface area contributed by atoms with Crippen LogP contribution in [0.4, 0.5) is 0 Å². The van der Waals surface area contributed by atoms with Crippen molar-refractivity contribution >= 4 is 43.4 Å². The number of para-hydroxylation sites is 2. The third-order valence-corrected chi connectivity index (χ3v) is 14.0. The van der Waals surface area contributed by atoms with E-state index in [0.29, 0.717) is 0 Å². The molecule has 60 heavy (non-hydrogen) atoms. The van der Waals surface area contributed by atoms with Gasteiger partial charge in [-0.1, -0.05) is 128 Å². The fourth-order valence-electron chi connectivity index (χ4n) is 10.3. The van der Waals surface area contributed by atoms with Crippen LogP contribution in [0.2, 0.25) is 0 Å². The highest BCUT2D eigenvalue weighted by molar-refractivity contribution is 6.25. The molecule has 1 nitrogen and oxygen atoms in total. The molecule has 0 N–H and O–H groups in total. The predicted molar refractivity (Wildman–Crippen MR) is 260 cm³/mol. The number of aromatic nitrogens is 1. The lowest BCUT2D eigenvalue weighted by molar-refractivity contribution is 1.11. The quantitative estimate of drug-likeness (QED) is 0.148. The average Bonchev–Trinajstić information content (AvgIpc) is 3.63. The number of aryl methyl sites for hydroxylation is 4. The van der Waals surface area contributed by atoms with Crippen LogP contribution in [0.25, 0.3) is 93.5 Å². The van der Waals surface area contributed by atoms with Crippen molar-refractivity contribution in [3.8, 4) is 50.2 Å². The first-order valence-electron chi connectivity index (χ1n) is 21.5. The zero-order chi connectivity index (χ0) is 41.4. The minimum absolute atomic E-state index is 0.978. The maximum atomic E-state index is 2.38. The van der Waals surface area contributed by atoms with E-state index in [-0.39, 0.29) is 0 Å². The summed E-state index contributed by atoms with van der Waals surface area (Å²) >= 11 is 0. The standard InChI is InChI=1S/C59H51N/c1-9-49-38(5)37(4)41(8)56-57(45-18-12-10-13-19-45)54-39(6)35(2)36(3)40(7)55(54)58(59(49)56)46-30-28-43(29-31-46)42-24-26-44(27-25-42)47-32-33-53-51(34-47)50-22-16-17-23-52(50)60(53)48-20-14-11-15-21-48/h10-34H,9H2,1-8H3. The summed E-state index contributed by atoms with van der Waals surface area (Å²) in [6.45, 7) is 18.7. The molecule has 0 aliphatic rings. The summed E-state index contributed by atoms with van der Waals surface area (Å²) in [5.41, 5.74) is 25.0. The van der Waals surface area contributed by atoms with E-state index in [4.69, 9.17) is 0 Å². The van der Waals surface area contributed by atoms with Crippen molar-refractivity contribution in [1.82, 2.24) is 4.57 Å². The van der Waals surface area contributed by atoms with E-state index < -0.39 is 0 Å². The third-order valence-electron chi connectivity index (χ3n) is 14.0. The maximum Gasteiger partial charge on any atom is 0.0541 e. The van der Waals surface area contributed by atoms with Gasteiger partial charge in [0.05, 0.1) is 11.0 Å². The third kappa shape index (κ3) is 5.67. The molecule has 10 rings (SSSR count). The second-order valence-electron chi connectivity index (χ2n) is 16.9. The van der Waals surface area contributed by atoms with E-state index >= 15 is 0 Å². The Morgan fingerprint density at radius 1 is 0.333 bits per heavy atom. The van der Waals surface area contributed by atoms with Crippen molar-refractivity contribution in [1.29, 1.82) is 0 Å². The molecule has 0 fully saturated rings. The van der Waals surface area contributed by atoms with E-state index in [0.717, 1.165) is 6.42 Å². The van der Waals surface area contributed by atoms with Crippen molar-refractivity contribution < 1.29 is 0 Å². The fourth-order valence-corrected chi connectivity index (χ4v) is 10.3. The molecule has 0 amide bonds. The van der Waals surface area contributed by atoms with E-state index in [1.54, 1.807) is 0 Å². The Morgan fingerprint density at radius 3 is 1.33 bits per heavy atom. The van der Waals surface area contributed by atoms with Gasteiger partial charge < -0.3 is 4.57 Å². The van der Waals surface area contributed by atoms with Gasteiger partial charge >= 0.3 is 0 Å². The number of rotatable bonds is 6. The second kappa shape index (κ2) is 14.5. The molecule has 0 unspecified atom stereocenters. The van der Waals surface area contributed by atoms with Crippen LogP contribution in [-0.2, 0) is 6.42 Å². The zero-order valence-corrected chi connectivity index (χ0v) is 36.1. The van der Waals surface area contributed by atoms with Crippen LogP contribution in [0.15, 0.2) is 152 Å². The van der Waals surface area contributed by atoms with Crippen LogP contribution in [0.3, 0.4) is 0 Å². The molecule has 0 aliphatic carbocycles. The number of hydrogen-bond acceptors (Lipinski definition) is 0. The summed E-state index contributed by atoms with van der Waals surface area (Å²) in [6, 6.07) is 56.0. The Hall–Kier alpha value is -6.70. The minimum Gasteiger partial charge on any atom is -0.309 e. The van der Waals surface area contributed by atoms with Crippen LogP contribution in [0, 0.1) is 48.5 Å². The van der Waals surface area contributed by atoms with E-state index in [9.17, 15) is 0 Å². The summed E-state index contributed by atoms with van der Waals surface area (Å²) < 4.78 is 2.38. The summed E-state index contributed by atoms with van der Waals surface area (Å²) in [5, 5.41) is 8.13. The first-order chi connectivity index (χ1) is 29.2. The van der Waals surface area contributed by atoms with E-state index in [2.05, 4.69) is 212 Å². The van der Waals surface area contributed by atoms with E-state index in [1.807, 2.05) is 0 Å². The molecule has 10 aromatic rings. The van der Waals surface area contributed by atoms with Crippen LogP contribution in [-0.4, -0.2) is 4.57 Å². The van der Waals surface area contributed by atoms with Crippen molar-refractivity contribution in [2.45, 2.75) is 61.8 Å². The maximum absolute atomic E-state index is 2.38. The predicted octanol–water partition coefficient (Wildman–Crippen LogP) is 16.5. The Labute approximate surface area is 354 Å². The monoisotopic (exact) mass is 773 g/mol. The molecule has 0 saturated carbocycles. The topological polar surface area (TPSA) is 4.93 Å². The van der Waals surface area contributed by atoms with E-state index in [1.165, 1.54) is 138 Å². The van der Waals surface area contributed by atoms with Gasteiger partial charge in [-0.3, -0.25) is 0 Å². The molecule has 292 valence electrons. The SMILES string of the molecule is CCc1c(C)c(C)c(C)c2c(-c3ccccc3)c3c(C)c(C)c(C)c(C)c3c(-c3ccc(-c4ccc(-c5ccc6c(c5)c5ccccc5n6-c5ccccc5)cc4)cc3)c12. The lowest BCUT2D eigenvalue weighted by Crippen LogP contribution is -2.04. The molecular weight excluding hydrogens is 723 g/mol. The molecule has 0 aliphatic heterocycles. The van der Waals surface area contributed by atoms with Crippen LogP contribution >= 0.6 is 0 Å². The van der Waals surface area contributed by atoms with Crippen molar-refractivity contribution in [3.05, 3.63) is 196 Å². The van der Waals surface area contributed by atoms with Gasteiger partial charge in [-0.05, 0) is 196 Å².